The number of hydrogen-bond donors (Lipinski definition) is 1. The van der Waals surface area contributed by atoms with Crippen LogP contribution in [-0.4, -0.2) is 31.4 Å². The maximum atomic E-state index is 10.6. The van der Waals surface area contributed by atoms with E-state index in [9.17, 15) is 5.11 Å². The number of hydrogen-bond acceptors (Lipinski definition) is 5. The highest BCUT2D eigenvalue weighted by molar-refractivity contribution is 8.25. The average molecular weight is 291 g/mol. The molecule has 2 heterocycles. The summed E-state index contributed by atoms with van der Waals surface area (Å²) in [5, 5.41) is 14.8. The van der Waals surface area contributed by atoms with Crippen LogP contribution < -0.4 is 0 Å². The van der Waals surface area contributed by atoms with E-state index in [4.69, 9.17) is 0 Å². The van der Waals surface area contributed by atoms with Crippen LogP contribution in [0.25, 0.3) is 5.70 Å². The van der Waals surface area contributed by atoms with Gasteiger partial charge in [0, 0.05) is 11.5 Å². The Hall–Kier alpha value is -1.24. The lowest BCUT2D eigenvalue weighted by Gasteiger charge is -2.17. The Kier molecular flexibility index (Phi) is 3.91. The molecule has 0 amide bonds. The number of rotatable bonds is 3. The van der Waals surface area contributed by atoms with Gasteiger partial charge in [-0.25, -0.2) is 9.67 Å². The molecule has 1 N–H and O–H groups in total. The molecule has 1 aliphatic rings. The van der Waals surface area contributed by atoms with Crippen LogP contribution in [-0.2, 0) is 0 Å². The van der Waals surface area contributed by atoms with E-state index in [1.54, 1.807) is 34.5 Å². The molecule has 98 valence electrons. The van der Waals surface area contributed by atoms with Crippen LogP contribution in [0.2, 0.25) is 0 Å². The summed E-state index contributed by atoms with van der Waals surface area (Å²) in [6.07, 6.45) is 2.44. The fourth-order valence-corrected chi connectivity index (χ4v) is 4.49. The summed E-state index contributed by atoms with van der Waals surface area (Å²) in [4.78, 5) is 3.98. The predicted octanol–water partition coefficient (Wildman–Crippen LogP) is 2.62. The van der Waals surface area contributed by atoms with Gasteiger partial charge in [-0.1, -0.05) is 30.3 Å². The quantitative estimate of drug-likeness (QED) is 0.942. The van der Waals surface area contributed by atoms with Crippen LogP contribution in [0.4, 0.5) is 0 Å². The largest absolute Gasteiger partial charge is 0.382 e. The van der Waals surface area contributed by atoms with Gasteiger partial charge in [0.2, 0.25) is 0 Å². The van der Waals surface area contributed by atoms with E-state index in [0.29, 0.717) is 0 Å². The van der Waals surface area contributed by atoms with Crippen molar-refractivity contribution < 1.29 is 5.11 Å². The molecule has 2 aromatic rings. The van der Waals surface area contributed by atoms with Crippen LogP contribution >= 0.6 is 23.5 Å². The van der Waals surface area contributed by atoms with Crippen LogP contribution in [0.15, 0.2) is 47.2 Å². The zero-order chi connectivity index (χ0) is 13.1. The highest BCUT2D eigenvalue weighted by atomic mass is 32.2. The van der Waals surface area contributed by atoms with Gasteiger partial charge in [0.25, 0.3) is 0 Å². The second-order valence-corrected chi connectivity index (χ2v) is 6.49. The first kappa shape index (κ1) is 12.8. The minimum atomic E-state index is -0.684. The lowest BCUT2D eigenvalue weighted by molar-refractivity contribution is 0.230. The summed E-state index contributed by atoms with van der Waals surface area (Å²) in [6.45, 7) is 0. The Bertz CT molecular complexity index is 561. The Morgan fingerprint density at radius 3 is 2.58 bits per heavy atom. The van der Waals surface area contributed by atoms with Gasteiger partial charge < -0.3 is 5.11 Å². The van der Waals surface area contributed by atoms with Crippen molar-refractivity contribution in [2.24, 2.45) is 0 Å². The van der Waals surface area contributed by atoms with E-state index in [1.807, 2.05) is 30.3 Å². The van der Waals surface area contributed by atoms with Crippen molar-refractivity contribution in [1.82, 2.24) is 14.8 Å². The minimum Gasteiger partial charge on any atom is -0.382 e. The summed E-state index contributed by atoms with van der Waals surface area (Å²) >= 11 is 3.53. The summed E-state index contributed by atoms with van der Waals surface area (Å²) in [5.41, 5.74) is 1.67. The molecular weight excluding hydrogens is 278 g/mol. The molecule has 1 aromatic heterocycles. The maximum absolute atomic E-state index is 10.6. The molecule has 1 fully saturated rings. The Labute approximate surface area is 119 Å². The number of aromatic nitrogens is 3. The Morgan fingerprint density at radius 2 is 1.95 bits per heavy atom. The van der Waals surface area contributed by atoms with Crippen LogP contribution in [0.3, 0.4) is 0 Å². The molecule has 1 aliphatic heterocycles. The van der Waals surface area contributed by atoms with E-state index in [0.717, 1.165) is 27.0 Å². The molecule has 19 heavy (non-hydrogen) atoms. The van der Waals surface area contributed by atoms with Gasteiger partial charge in [-0.15, -0.1) is 23.5 Å². The van der Waals surface area contributed by atoms with Gasteiger partial charge in [-0.05, 0) is 5.56 Å². The van der Waals surface area contributed by atoms with Crippen LogP contribution in [0.5, 0.6) is 0 Å². The van der Waals surface area contributed by atoms with Crippen molar-refractivity contribution in [3.05, 3.63) is 52.8 Å². The zero-order valence-corrected chi connectivity index (χ0v) is 11.8. The lowest BCUT2D eigenvalue weighted by atomic mass is 10.1. The van der Waals surface area contributed by atoms with Crippen molar-refractivity contribution in [3.8, 4) is 0 Å². The van der Waals surface area contributed by atoms with E-state index >= 15 is 0 Å². The average Bonchev–Trinajstić information content (AvgIpc) is 3.13. The molecule has 1 atom stereocenters. The first-order valence-corrected chi connectivity index (χ1v) is 7.91. The van der Waals surface area contributed by atoms with Gasteiger partial charge in [-0.3, -0.25) is 0 Å². The molecule has 0 aliphatic carbocycles. The molecule has 4 nitrogen and oxygen atoms in total. The van der Waals surface area contributed by atoms with Gasteiger partial charge in [0.15, 0.2) is 0 Å². The standard InChI is InChI=1S/C13H13N3OS2/c17-12(10-4-2-1-3-5-10)11(13-18-6-7-19-13)16-9-14-8-15-16/h1-5,8-9,12,17H,6-7H2. The maximum Gasteiger partial charge on any atom is 0.138 e. The van der Waals surface area contributed by atoms with Crippen LogP contribution in [0.1, 0.15) is 11.7 Å². The van der Waals surface area contributed by atoms with Gasteiger partial charge in [-0.2, -0.15) is 5.10 Å². The SMILES string of the molecule is OC(C(=C1SCCS1)n1cncn1)c1ccccc1. The summed E-state index contributed by atoms with van der Waals surface area (Å²) in [6, 6.07) is 9.64. The molecule has 0 saturated carbocycles. The lowest BCUT2D eigenvalue weighted by Crippen LogP contribution is -2.09. The van der Waals surface area contributed by atoms with Gasteiger partial charge in [0.05, 0.1) is 9.93 Å². The third-order valence-corrected chi connectivity index (χ3v) is 5.52. The van der Waals surface area contributed by atoms with E-state index in [1.165, 1.54) is 6.33 Å². The fraction of sp³-hybridized carbons (Fsp3) is 0.231. The number of aliphatic hydroxyl groups excluding tert-OH is 1. The first-order chi connectivity index (χ1) is 9.36. The van der Waals surface area contributed by atoms with E-state index in [2.05, 4.69) is 10.1 Å². The highest BCUT2D eigenvalue weighted by Gasteiger charge is 2.23. The van der Waals surface area contributed by atoms with Crippen molar-refractivity contribution in [3.63, 3.8) is 0 Å². The molecule has 6 heteroatoms. The third-order valence-electron chi connectivity index (χ3n) is 2.80. The van der Waals surface area contributed by atoms with Crippen molar-refractivity contribution >= 4 is 29.2 Å². The second kappa shape index (κ2) is 5.81. The number of nitrogens with zero attached hydrogens (tertiary/aromatic N) is 3. The number of aliphatic hydroxyl groups is 1. The summed E-state index contributed by atoms with van der Waals surface area (Å²) in [7, 11) is 0. The molecule has 0 bridgehead atoms. The second-order valence-electron chi connectivity index (χ2n) is 4.02. The van der Waals surface area contributed by atoms with Gasteiger partial charge in [0.1, 0.15) is 18.8 Å². The molecule has 3 rings (SSSR count). The van der Waals surface area contributed by atoms with E-state index < -0.39 is 6.10 Å². The first-order valence-electron chi connectivity index (χ1n) is 5.94. The zero-order valence-electron chi connectivity index (χ0n) is 10.1. The normalized spacial score (nSPS) is 16.6. The molecule has 0 radical (unpaired) electrons. The van der Waals surface area contributed by atoms with Crippen molar-refractivity contribution in [2.45, 2.75) is 6.10 Å². The predicted molar refractivity (Wildman–Crippen MR) is 79.6 cm³/mol. The number of benzene rings is 1. The summed E-state index contributed by atoms with van der Waals surface area (Å²) < 4.78 is 2.79. The monoisotopic (exact) mass is 291 g/mol. The number of thioether (sulfide) groups is 2. The molecular formula is C13H13N3OS2. The molecule has 1 unspecified atom stereocenters. The van der Waals surface area contributed by atoms with E-state index in [-0.39, 0.29) is 0 Å². The Morgan fingerprint density at radius 1 is 1.21 bits per heavy atom. The Balaban J connectivity index is 2.03. The fourth-order valence-electron chi connectivity index (χ4n) is 1.91. The smallest absolute Gasteiger partial charge is 0.138 e. The molecule has 1 saturated heterocycles. The highest BCUT2D eigenvalue weighted by Crippen LogP contribution is 2.43. The van der Waals surface area contributed by atoms with Gasteiger partial charge >= 0.3 is 0 Å². The summed E-state index contributed by atoms with van der Waals surface area (Å²) in [5.74, 6) is 2.14. The van der Waals surface area contributed by atoms with Crippen molar-refractivity contribution in [2.75, 3.05) is 11.5 Å². The molecule has 1 aromatic carbocycles. The molecule has 0 spiro atoms. The topological polar surface area (TPSA) is 50.9 Å². The van der Waals surface area contributed by atoms with Crippen molar-refractivity contribution in [1.29, 1.82) is 0 Å². The third kappa shape index (κ3) is 2.70. The van der Waals surface area contributed by atoms with Crippen LogP contribution in [0, 0.1) is 0 Å². The minimum absolute atomic E-state index is 0.684.